The summed E-state index contributed by atoms with van der Waals surface area (Å²) in [4.78, 5) is 27.9. The third kappa shape index (κ3) is 5.37. The number of aryl methyl sites for hydroxylation is 2. The van der Waals surface area contributed by atoms with Crippen molar-refractivity contribution in [3.63, 3.8) is 0 Å². The second-order valence-corrected chi connectivity index (χ2v) is 10.6. The minimum Gasteiger partial charge on any atom is -0.350 e. The quantitative estimate of drug-likeness (QED) is 0.691. The van der Waals surface area contributed by atoms with Gasteiger partial charge in [0.25, 0.3) is 0 Å². The van der Waals surface area contributed by atoms with Crippen LogP contribution in [0.2, 0.25) is 0 Å². The molecule has 0 aromatic heterocycles. The van der Waals surface area contributed by atoms with E-state index in [2.05, 4.69) is 12.2 Å². The molecule has 1 aliphatic rings. The molecule has 3 rings (SSSR count). The van der Waals surface area contributed by atoms with E-state index in [4.69, 9.17) is 0 Å². The summed E-state index contributed by atoms with van der Waals surface area (Å²) in [5.74, 6) is -0.779. The van der Waals surface area contributed by atoms with Crippen LogP contribution >= 0.6 is 0 Å². The number of nitrogens with one attached hydrogen (secondary N) is 1. The van der Waals surface area contributed by atoms with Gasteiger partial charge in [-0.05, 0) is 37.0 Å². The molecule has 172 valence electrons. The molecule has 2 aromatic rings. The van der Waals surface area contributed by atoms with Crippen LogP contribution in [-0.4, -0.2) is 54.3 Å². The maximum absolute atomic E-state index is 13.4. The molecule has 32 heavy (non-hydrogen) atoms. The molecule has 8 heteroatoms. The SMILES string of the molecule is CCc1ccc(CN2C(=O)CN(S(C)(=O)=O)C[C@@]2(C)C(=O)NCc2ccc(C)cc2)cc1. The third-order valence-electron chi connectivity index (χ3n) is 6.00. The summed E-state index contributed by atoms with van der Waals surface area (Å²) in [6.07, 6.45) is 1.97. The van der Waals surface area contributed by atoms with Gasteiger partial charge in [0.1, 0.15) is 5.54 Å². The Bertz CT molecular complexity index is 1080. The van der Waals surface area contributed by atoms with Crippen molar-refractivity contribution in [2.75, 3.05) is 19.3 Å². The number of carbonyl (C=O) groups is 2. The largest absolute Gasteiger partial charge is 0.350 e. The average Bonchev–Trinajstić information content (AvgIpc) is 2.75. The van der Waals surface area contributed by atoms with Crippen molar-refractivity contribution in [3.05, 3.63) is 70.8 Å². The Balaban J connectivity index is 1.86. The number of hydrogen-bond donors (Lipinski definition) is 1. The topological polar surface area (TPSA) is 86.8 Å². The van der Waals surface area contributed by atoms with E-state index in [9.17, 15) is 18.0 Å². The number of benzene rings is 2. The lowest BCUT2D eigenvalue weighted by Gasteiger charge is -2.46. The maximum Gasteiger partial charge on any atom is 0.247 e. The zero-order valence-electron chi connectivity index (χ0n) is 19.1. The number of sulfonamides is 1. The van der Waals surface area contributed by atoms with Crippen molar-refractivity contribution in [1.29, 1.82) is 0 Å². The minimum atomic E-state index is -3.63. The summed E-state index contributed by atoms with van der Waals surface area (Å²) in [5, 5.41) is 2.90. The van der Waals surface area contributed by atoms with E-state index in [1.165, 1.54) is 10.5 Å². The summed E-state index contributed by atoms with van der Waals surface area (Å²) in [6.45, 7) is 5.85. The normalized spacial score (nSPS) is 19.8. The van der Waals surface area contributed by atoms with Crippen molar-refractivity contribution in [1.82, 2.24) is 14.5 Å². The van der Waals surface area contributed by atoms with Gasteiger partial charge in [0.2, 0.25) is 21.8 Å². The van der Waals surface area contributed by atoms with Gasteiger partial charge in [-0.2, -0.15) is 4.31 Å². The first-order valence-corrected chi connectivity index (χ1v) is 12.5. The summed E-state index contributed by atoms with van der Waals surface area (Å²) in [7, 11) is -3.63. The lowest BCUT2D eigenvalue weighted by Crippen LogP contribution is -2.69. The summed E-state index contributed by atoms with van der Waals surface area (Å²) in [5.41, 5.74) is 2.78. The van der Waals surface area contributed by atoms with Crippen LogP contribution in [0.3, 0.4) is 0 Å². The maximum atomic E-state index is 13.4. The van der Waals surface area contributed by atoms with Gasteiger partial charge in [0.15, 0.2) is 0 Å². The first-order valence-electron chi connectivity index (χ1n) is 10.7. The van der Waals surface area contributed by atoms with Gasteiger partial charge in [-0.15, -0.1) is 0 Å². The molecular formula is C24H31N3O4S. The number of hydrogen-bond acceptors (Lipinski definition) is 4. The van der Waals surface area contributed by atoms with Gasteiger partial charge >= 0.3 is 0 Å². The molecule has 0 spiro atoms. The van der Waals surface area contributed by atoms with Crippen LogP contribution in [0.1, 0.15) is 36.1 Å². The van der Waals surface area contributed by atoms with E-state index in [0.717, 1.165) is 33.7 Å². The molecule has 0 radical (unpaired) electrons. The van der Waals surface area contributed by atoms with E-state index >= 15 is 0 Å². The summed E-state index contributed by atoms with van der Waals surface area (Å²) < 4.78 is 25.5. The van der Waals surface area contributed by atoms with Gasteiger partial charge in [-0.3, -0.25) is 9.59 Å². The molecule has 1 N–H and O–H groups in total. The molecule has 0 unspecified atom stereocenters. The molecule has 2 aromatic carbocycles. The lowest BCUT2D eigenvalue weighted by atomic mass is 9.94. The van der Waals surface area contributed by atoms with E-state index in [1.807, 2.05) is 55.5 Å². The van der Waals surface area contributed by atoms with E-state index in [-0.39, 0.29) is 25.5 Å². The molecule has 1 atom stereocenters. The minimum absolute atomic E-state index is 0.0929. The van der Waals surface area contributed by atoms with Crippen LogP contribution in [-0.2, 0) is 39.1 Å². The Kier molecular flexibility index (Phi) is 7.05. The standard InChI is InChI=1S/C24H31N3O4S/c1-5-19-10-12-21(13-11-19)15-27-22(28)16-26(32(4,30)31)17-24(27,3)23(29)25-14-20-8-6-18(2)7-9-20/h6-13H,5,14-17H2,1-4H3,(H,25,29)/t24-/m0/s1. The fraction of sp³-hybridized carbons (Fsp3) is 0.417. The number of amides is 2. The second-order valence-electron chi connectivity index (χ2n) is 8.62. The van der Waals surface area contributed by atoms with Crippen molar-refractivity contribution >= 4 is 21.8 Å². The second kappa shape index (κ2) is 9.42. The highest BCUT2D eigenvalue weighted by molar-refractivity contribution is 7.88. The first kappa shape index (κ1) is 23.9. The first-order chi connectivity index (χ1) is 15.0. The lowest BCUT2D eigenvalue weighted by molar-refractivity contribution is -0.153. The Morgan fingerprint density at radius 3 is 2.16 bits per heavy atom. The smallest absolute Gasteiger partial charge is 0.247 e. The van der Waals surface area contributed by atoms with Crippen molar-refractivity contribution in [3.8, 4) is 0 Å². The molecule has 7 nitrogen and oxygen atoms in total. The highest BCUT2D eigenvalue weighted by Gasteiger charge is 2.49. The van der Waals surface area contributed by atoms with E-state index < -0.39 is 21.5 Å². The van der Waals surface area contributed by atoms with E-state index in [1.54, 1.807) is 6.92 Å². The highest BCUT2D eigenvalue weighted by Crippen LogP contribution is 2.27. The fourth-order valence-electron chi connectivity index (χ4n) is 3.83. The molecule has 1 heterocycles. The van der Waals surface area contributed by atoms with Gasteiger partial charge in [0, 0.05) is 19.6 Å². The van der Waals surface area contributed by atoms with Crippen LogP contribution in [0.5, 0.6) is 0 Å². The third-order valence-corrected chi connectivity index (χ3v) is 7.19. The Morgan fingerprint density at radius 1 is 1.03 bits per heavy atom. The van der Waals surface area contributed by atoms with Gasteiger partial charge in [-0.25, -0.2) is 8.42 Å². The predicted molar refractivity (Wildman–Crippen MR) is 124 cm³/mol. The summed E-state index contributed by atoms with van der Waals surface area (Å²) >= 11 is 0. The Morgan fingerprint density at radius 2 is 1.59 bits per heavy atom. The van der Waals surface area contributed by atoms with Gasteiger partial charge < -0.3 is 10.2 Å². The van der Waals surface area contributed by atoms with Crippen molar-refractivity contribution < 1.29 is 18.0 Å². The van der Waals surface area contributed by atoms with Crippen LogP contribution < -0.4 is 5.32 Å². The van der Waals surface area contributed by atoms with Crippen LogP contribution in [0, 0.1) is 6.92 Å². The number of nitrogens with zero attached hydrogens (tertiary/aromatic N) is 2. The van der Waals surface area contributed by atoms with Crippen molar-refractivity contribution in [2.24, 2.45) is 0 Å². The van der Waals surface area contributed by atoms with Gasteiger partial charge in [0.05, 0.1) is 12.8 Å². The predicted octanol–water partition coefficient (Wildman–Crippen LogP) is 2.24. The van der Waals surface area contributed by atoms with E-state index in [0.29, 0.717) is 6.54 Å². The molecule has 0 saturated carbocycles. The monoisotopic (exact) mass is 457 g/mol. The molecule has 0 bridgehead atoms. The molecule has 0 aliphatic carbocycles. The number of rotatable bonds is 7. The van der Waals surface area contributed by atoms with Gasteiger partial charge in [-0.1, -0.05) is 61.0 Å². The summed E-state index contributed by atoms with van der Waals surface area (Å²) in [6, 6.07) is 15.7. The fourth-order valence-corrected chi connectivity index (χ4v) is 4.66. The highest BCUT2D eigenvalue weighted by atomic mass is 32.2. The zero-order valence-corrected chi connectivity index (χ0v) is 19.9. The molecule has 1 fully saturated rings. The van der Waals surface area contributed by atoms with Crippen LogP contribution in [0.4, 0.5) is 0 Å². The molecular weight excluding hydrogens is 426 g/mol. The van der Waals surface area contributed by atoms with Crippen molar-refractivity contribution in [2.45, 2.75) is 45.8 Å². The Hall–Kier alpha value is -2.71. The number of piperazine rings is 1. The number of carbonyl (C=O) groups excluding carboxylic acids is 2. The average molecular weight is 458 g/mol. The zero-order chi connectivity index (χ0) is 23.5. The molecule has 1 saturated heterocycles. The van der Waals surface area contributed by atoms with Crippen LogP contribution in [0.25, 0.3) is 0 Å². The molecule has 2 amide bonds. The Labute approximate surface area is 190 Å². The van der Waals surface area contributed by atoms with Crippen LogP contribution in [0.15, 0.2) is 48.5 Å². The molecule has 1 aliphatic heterocycles.